The Kier molecular flexibility index (Phi) is 6.48. The molecule has 1 aromatic rings. The molecule has 0 aromatic carbocycles. The van der Waals surface area contributed by atoms with E-state index in [2.05, 4.69) is 39.4 Å². The van der Waals surface area contributed by atoms with E-state index in [0.29, 0.717) is 18.5 Å². The van der Waals surface area contributed by atoms with Gasteiger partial charge in [-0.2, -0.15) is 0 Å². The van der Waals surface area contributed by atoms with Gasteiger partial charge in [-0.25, -0.2) is 0 Å². The van der Waals surface area contributed by atoms with Gasteiger partial charge in [-0.1, -0.05) is 6.92 Å². The predicted molar refractivity (Wildman–Crippen MR) is 105 cm³/mol. The van der Waals surface area contributed by atoms with Crippen molar-refractivity contribution in [2.75, 3.05) is 51.6 Å². The summed E-state index contributed by atoms with van der Waals surface area (Å²) in [6.45, 7) is 7.97. The number of piperidine rings is 1. The lowest BCUT2D eigenvalue weighted by Crippen LogP contribution is -2.44. The number of nitrogens with zero attached hydrogens (tertiary/aromatic N) is 3. The molecule has 2 aliphatic heterocycles. The summed E-state index contributed by atoms with van der Waals surface area (Å²) in [5.74, 6) is 0.197. The van der Waals surface area contributed by atoms with E-state index in [-0.39, 0.29) is 11.9 Å². The van der Waals surface area contributed by atoms with E-state index in [1.807, 2.05) is 12.1 Å². The zero-order chi connectivity index (χ0) is 18.4. The SMILES string of the molecule is CCCN1CC2(CCN(C)CC2)CC1C(=O)NCCNc1cccnc1. The first-order valence-corrected chi connectivity index (χ1v) is 9.96. The Labute approximate surface area is 157 Å². The molecule has 0 saturated carbocycles. The first kappa shape index (κ1) is 19.1. The molecule has 3 rings (SSSR count). The van der Waals surface area contributed by atoms with E-state index in [1.165, 1.54) is 12.8 Å². The van der Waals surface area contributed by atoms with Gasteiger partial charge in [0.15, 0.2) is 0 Å². The summed E-state index contributed by atoms with van der Waals surface area (Å²) in [5, 5.41) is 6.43. The Morgan fingerprint density at radius 2 is 2.15 bits per heavy atom. The lowest BCUT2D eigenvalue weighted by molar-refractivity contribution is -0.125. The smallest absolute Gasteiger partial charge is 0.237 e. The second kappa shape index (κ2) is 8.82. The first-order valence-electron chi connectivity index (χ1n) is 9.96. The van der Waals surface area contributed by atoms with E-state index in [0.717, 1.165) is 44.7 Å². The van der Waals surface area contributed by atoms with Gasteiger partial charge in [0.1, 0.15) is 0 Å². The molecule has 0 radical (unpaired) electrons. The number of nitrogens with one attached hydrogen (secondary N) is 2. The van der Waals surface area contributed by atoms with Crippen LogP contribution in [0.15, 0.2) is 24.5 Å². The fourth-order valence-electron chi connectivity index (χ4n) is 4.36. The zero-order valence-electron chi connectivity index (χ0n) is 16.2. The molecule has 26 heavy (non-hydrogen) atoms. The molecule has 144 valence electrons. The highest BCUT2D eigenvalue weighted by Crippen LogP contribution is 2.43. The topological polar surface area (TPSA) is 60.5 Å². The molecular weight excluding hydrogens is 326 g/mol. The van der Waals surface area contributed by atoms with Crippen LogP contribution < -0.4 is 10.6 Å². The summed E-state index contributed by atoms with van der Waals surface area (Å²) in [6, 6.07) is 3.93. The Bertz CT molecular complexity index is 571. The summed E-state index contributed by atoms with van der Waals surface area (Å²) in [4.78, 5) is 21.7. The van der Waals surface area contributed by atoms with Gasteiger partial charge in [-0.3, -0.25) is 14.7 Å². The van der Waals surface area contributed by atoms with Crippen LogP contribution in [0, 0.1) is 5.41 Å². The molecule has 6 heteroatoms. The molecule has 6 nitrogen and oxygen atoms in total. The molecule has 0 bridgehead atoms. The normalized spacial score (nSPS) is 23.2. The number of likely N-dealkylation sites (tertiary alicyclic amines) is 2. The van der Waals surface area contributed by atoms with Crippen LogP contribution in [0.4, 0.5) is 5.69 Å². The van der Waals surface area contributed by atoms with Gasteiger partial charge in [0.25, 0.3) is 0 Å². The van der Waals surface area contributed by atoms with Crippen LogP contribution in [0.25, 0.3) is 0 Å². The molecule has 1 amide bonds. The van der Waals surface area contributed by atoms with Crippen LogP contribution >= 0.6 is 0 Å². The van der Waals surface area contributed by atoms with Crippen molar-refractivity contribution >= 4 is 11.6 Å². The van der Waals surface area contributed by atoms with Crippen LogP contribution in [0.3, 0.4) is 0 Å². The number of anilines is 1. The third-order valence-electron chi connectivity index (χ3n) is 5.88. The Balaban J connectivity index is 1.49. The van der Waals surface area contributed by atoms with Crippen molar-refractivity contribution in [1.82, 2.24) is 20.1 Å². The maximum Gasteiger partial charge on any atom is 0.237 e. The number of amides is 1. The van der Waals surface area contributed by atoms with Crippen molar-refractivity contribution in [3.05, 3.63) is 24.5 Å². The molecule has 1 aromatic heterocycles. The predicted octanol–water partition coefficient (Wildman–Crippen LogP) is 1.81. The van der Waals surface area contributed by atoms with Crippen LogP contribution in [0.2, 0.25) is 0 Å². The standard InChI is InChI=1S/C20H33N5O/c1-3-11-25-16-20(6-12-24(2)13-7-20)14-18(25)19(26)23-10-9-22-17-5-4-8-21-15-17/h4-5,8,15,18,22H,3,6-7,9-14,16H2,1-2H3,(H,23,26). The molecule has 2 N–H and O–H groups in total. The molecule has 2 saturated heterocycles. The fourth-order valence-corrected chi connectivity index (χ4v) is 4.36. The van der Waals surface area contributed by atoms with Crippen LogP contribution in [-0.2, 0) is 4.79 Å². The minimum atomic E-state index is 0.0387. The van der Waals surface area contributed by atoms with E-state index in [1.54, 1.807) is 12.4 Å². The number of carbonyl (C=O) groups is 1. The zero-order valence-corrected chi connectivity index (χ0v) is 16.2. The molecule has 0 aliphatic carbocycles. The molecule has 2 fully saturated rings. The highest BCUT2D eigenvalue weighted by Gasteiger charge is 2.47. The first-order chi connectivity index (χ1) is 12.6. The van der Waals surface area contributed by atoms with E-state index in [4.69, 9.17) is 0 Å². The Morgan fingerprint density at radius 1 is 1.35 bits per heavy atom. The third-order valence-corrected chi connectivity index (χ3v) is 5.88. The Hall–Kier alpha value is -1.66. The Morgan fingerprint density at radius 3 is 2.85 bits per heavy atom. The summed E-state index contributed by atoms with van der Waals surface area (Å²) >= 11 is 0. The van der Waals surface area contributed by atoms with E-state index >= 15 is 0 Å². The molecule has 1 atom stereocenters. The summed E-state index contributed by atoms with van der Waals surface area (Å²) in [5.41, 5.74) is 1.33. The monoisotopic (exact) mass is 359 g/mol. The number of aromatic nitrogens is 1. The van der Waals surface area contributed by atoms with Crippen molar-refractivity contribution in [3.63, 3.8) is 0 Å². The number of carbonyl (C=O) groups excluding carboxylic acids is 1. The molecular formula is C20H33N5O. The molecule has 1 unspecified atom stereocenters. The largest absolute Gasteiger partial charge is 0.382 e. The van der Waals surface area contributed by atoms with Gasteiger partial charge >= 0.3 is 0 Å². The summed E-state index contributed by atoms with van der Waals surface area (Å²) < 4.78 is 0. The third kappa shape index (κ3) is 4.74. The fraction of sp³-hybridized carbons (Fsp3) is 0.700. The van der Waals surface area contributed by atoms with E-state index < -0.39 is 0 Å². The van der Waals surface area contributed by atoms with Crippen LogP contribution in [0.1, 0.15) is 32.6 Å². The van der Waals surface area contributed by atoms with Gasteiger partial charge in [0.05, 0.1) is 11.7 Å². The van der Waals surface area contributed by atoms with Crippen molar-refractivity contribution in [3.8, 4) is 0 Å². The second-order valence-electron chi connectivity index (χ2n) is 7.95. The number of hydrogen-bond acceptors (Lipinski definition) is 5. The van der Waals surface area contributed by atoms with Crippen molar-refractivity contribution in [1.29, 1.82) is 0 Å². The molecule has 2 aliphatic rings. The number of hydrogen-bond donors (Lipinski definition) is 2. The molecule has 3 heterocycles. The van der Waals surface area contributed by atoms with Gasteiger partial charge in [-0.05, 0) is 69.9 Å². The van der Waals surface area contributed by atoms with Crippen molar-refractivity contribution in [2.24, 2.45) is 5.41 Å². The van der Waals surface area contributed by atoms with Gasteiger partial charge in [0, 0.05) is 32.0 Å². The van der Waals surface area contributed by atoms with Gasteiger partial charge < -0.3 is 15.5 Å². The lowest BCUT2D eigenvalue weighted by Gasteiger charge is -2.37. The number of rotatable bonds is 7. The minimum absolute atomic E-state index is 0.0387. The molecule has 1 spiro atoms. The quantitative estimate of drug-likeness (QED) is 0.727. The van der Waals surface area contributed by atoms with Crippen LogP contribution in [-0.4, -0.2) is 73.0 Å². The maximum atomic E-state index is 12.8. The van der Waals surface area contributed by atoms with Crippen molar-refractivity contribution < 1.29 is 4.79 Å². The number of pyridine rings is 1. The van der Waals surface area contributed by atoms with Crippen molar-refractivity contribution in [2.45, 2.75) is 38.6 Å². The summed E-state index contributed by atoms with van der Waals surface area (Å²) in [7, 11) is 2.20. The minimum Gasteiger partial charge on any atom is -0.382 e. The van der Waals surface area contributed by atoms with E-state index in [9.17, 15) is 4.79 Å². The van der Waals surface area contributed by atoms with Gasteiger partial charge in [0.2, 0.25) is 5.91 Å². The lowest BCUT2D eigenvalue weighted by atomic mass is 9.76. The second-order valence-corrected chi connectivity index (χ2v) is 7.95. The maximum absolute atomic E-state index is 12.8. The highest BCUT2D eigenvalue weighted by molar-refractivity contribution is 5.82. The van der Waals surface area contributed by atoms with Crippen LogP contribution in [0.5, 0.6) is 0 Å². The average Bonchev–Trinajstić information content (AvgIpc) is 3.01. The van der Waals surface area contributed by atoms with Gasteiger partial charge in [-0.15, -0.1) is 0 Å². The highest BCUT2D eigenvalue weighted by atomic mass is 16.2. The average molecular weight is 360 g/mol. The summed E-state index contributed by atoms with van der Waals surface area (Å²) in [6.07, 6.45) is 8.11.